The SMILES string of the molecule is CCN(C)[C@H]1CC[C@@H](Nc2cc(C(=O)NCC(O)CN3CCc4ccccc4C3)ncn2)CC1. The molecule has 34 heavy (non-hydrogen) atoms. The first-order valence-corrected chi connectivity index (χ1v) is 12.6. The molecule has 1 atom stereocenters. The summed E-state index contributed by atoms with van der Waals surface area (Å²) < 4.78 is 0. The maximum Gasteiger partial charge on any atom is 0.270 e. The number of hydrogen-bond donors (Lipinski definition) is 3. The number of aliphatic hydroxyl groups excluding tert-OH is 1. The summed E-state index contributed by atoms with van der Waals surface area (Å²) in [6, 6.07) is 11.2. The van der Waals surface area contributed by atoms with Crippen LogP contribution in [0.3, 0.4) is 0 Å². The quantitative estimate of drug-likeness (QED) is 0.522. The fraction of sp³-hybridized carbons (Fsp3) is 0.577. The van der Waals surface area contributed by atoms with E-state index >= 15 is 0 Å². The summed E-state index contributed by atoms with van der Waals surface area (Å²) in [5, 5.41) is 16.8. The Balaban J connectivity index is 1.22. The van der Waals surface area contributed by atoms with Gasteiger partial charge < -0.3 is 20.6 Å². The Kier molecular flexibility index (Phi) is 8.48. The van der Waals surface area contributed by atoms with Crippen LogP contribution < -0.4 is 10.6 Å². The lowest BCUT2D eigenvalue weighted by molar-refractivity contribution is 0.0838. The van der Waals surface area contributed by atoms with E-state index in [1.807, 2.05) is 0 Å². The van der Waals surface area contributed by atoms with Gasteiger partial charge in [-0.05, 0) is 56.8 Å². The molecule has 184 valence electrons. The smallest absolute Gasteiger partial charge is 0.270 e. The van der Waals surface area contributed by atoms with Gasteiger partial charge in [-0.3, -0.25) is 9.69 Å². The highest BCUT2D eigenvalue weighted by Gasteiger charge is 2.24. The fourth-order valence-corrected chi connectivity index (χ4v) is 5.06. The molecule has 1 fully saturated rings. The van der Waals surface area contributed by atoms with Crippen molar-refractivity contribution >= 4 is 11.7 Å². The van der Waals surface area contributed by atoms with Crippen LogP contribution in [-0.2, 0) is 13.0 Å². The average Bonchev–Trinajstić information content (AvgIpc) is 2.87. The Morgan fingerprint density at radius 2 is 1.97 bits per heavy atom. The number of nitrogens with one attached hydrogen (secondary N) is 2. The molecule has 8 nitrogen and oxygen atoms in total. The summed E-state index contributed by atoms with van der Waals surface area (Å²) in [5.41, 5.74) is 3.02. The molecular weight excluding hydrogens is 428 g/mol. The number of nitrogens with zero attached hydrogens (tertiary/aromatic N) is 4. The van der Waals surface area contributed by atoms with Crippen molar-refractivity contribution < 1.29 is 9.90 Å². The van der Waals surface area contributed by atoms with E-state index in [4.69, 9.17) is 0 Å². The predicted molar refractivity (Wildman–Crippen MR) is 134 cm³/mol. The summed E-state index contributed by atoms with van der Waals surface area (Å²) in [4.78, 5) is 25.7. The number of hydrogen-bond acceptors (Lipinski definition) is 7. The highest BCUT2D eigenvalue weighted by atomic mass is 16.3. The van der Waals surface area contributed by atoms with Crippen molar-refractivity contribution in [1.82, 2.24) is 25.1 Å². The third-order valence-corrected chi connectivity index (χ3v) is 7.25. The second-order valence-corrected chi connectivity index (χ2v) is 9.63. The van der Waals surface area contributed by atoms with Gasteiger partial charge in [-0.25, -0.2) is 9.97 Å². The normalized spacial score (nSPS) is 21.6. The number of aromatic nitrogens is 2. The first-order valence-electron chi connectivity index (χ1n) is 12.6. The fourth-order valence-electron chi connectivity index (χ4n) is 5.06. The van der Waals surface area contributed by atoms with Gasteiger partial charge in [0, 0.05) is 44.3 Å². The predicted octanol–water partition coefficient (Wildman–Crippen LogP) is 2.30. The van der Waals surface area contributed by atoms with Crippen LogP contribution in [0.15, 0.2) is 36.7 Å². The highest BCUT2D eigenvalue weighted by molar-refractivity contribution is 5.92. The van der Waals surface area contributed by atoms with E-state index in [-0.39, 0.29) is 12.5 Å². The number of amides is 1. The molecule has 1 aromatic heterocycles. The van der Waals surface area contributed by atoms with E-state index < -0.39 is 6.10 Å². The van der Waals surface area contributed by atoms with E-state index in [0.717, 1.165) is 38.9 Å². The summed E-state index contributed by atoms with van der Waals surface area (Å²) in [6.07, 6.45) is 6.30. The van der Waals surface area contributed by atoms with Crippen LogP contribution >= 0.6 is 0 Å². The molecule has 4 rings (SSSR count). The lowest BCUT2D eigenvalue weighted by Gasteiger charge is -2.34. The lowest BCUT2D eigenvalue weighted by Crippen LogP contribution is -2.42. The summed E-state index contributed by atoms with van der Waals surface area (Å²) in [7, 11) is 2.19. The largest absolute Gasteiger partial charge is 0.390 e. The molecule has 3 N–H and O–H groups in total. The maximum atomic E-state index is 12.6. The van der Waals surface area contributed by atoms with Crippen LogP contribution in [0.25, 0.3) is 0 Å². The standard InChI is InChI=1S/C26H38N6O2/c1-3-31(2)22-10-8-21(9-11-22)30-25-14-24(28-18-29-25)26(34)27-15-23(33)17-32-13-12-19-6-4-5-7-20(19)16-32/h4-7,14,18,21-23,33H,3,8-13,15-17H2,1-2H3,(H,27,34)(H,28,29,30)/t21-,22+,23?. The number of β-amino-alcohol motifs (C(OH)–C–C–N with tert-alkyl or cyclic N) is 1. The van der Waals surface area contributed by atoms with Crippen molar-refractivity contribution in [2.75, 3.05) is 38.5 Å². The first-order chi connectivity index (χ1) is 16.5. The average molecular weight is 467 g/mol. The van der Waals surface area contributed by atoms with Crippen molar-refractivity contribution in [2.45, 2.75) is 63.8 Å². The van der Waals surface area contributed by atoms with Crippen molar-refractivity contribution in [3.63, 3.8) is 0 Å². The lowest BCUT2D eigenvalue weighted by atomic mass is 9.90. The molecule has 2 aromatic rings. The van der Waals surface area contributed by atoms with E-state index in [2.05, 4.69) is 68.6 Å². The van der Waals surface area contributed by atoms with Gasteiger partial charge in [0.1, 0.15) is 17.8 Å². The molecule has 0 bridgehead atoms. The molecule has 0 radical (unpaired) electrons. The van der Waals surface area contributed by atoms with E-state index in [1.54, 1.807) is 6.07 Å². The van der Waals surface area contributed by atoms with Crippen molar-refractivity contribution in [1.29, 1.82) is 0 Å². The van der Waals surface area contributed by atoms with Crippen LogP contribution in [0.4, 0.5) is 5.82 Å². The zero-order valence-electron chi connectivity index (χ0n) is 20.4. The molecular formula is C26H38N6O2. The van der Waals surface area contributed by atoms with Gasteiger partial charge >= 0.3 is 0 Å². The minimum Gasteiger partial charge on any atom is -0.390 e. The summed E-state index contributed by atoms with van der Waals surface area (Å²) in [6.45, 7) is 5.75. The Bertz CT molecular complexity index is 946. The molecule has 1 saturated carbocycles. The Morgan fingerprint density at radius 3 is 2.74 bits per heavy atom. The van der Waals surface area contributed by atoms with Crippen molar-refractivity contribution in [3.8, 4) is 0 Å². The van der Waals surface area contributed by atoms with Crippen LogP contribution in [0, 0.1) is 0 Å². The Morgan fingerprint density at radius 1 is 1.21 bits per heavy atom. The van der Waals surface area contributed by atoms with Gasteiger partial charge in [-0.15, -0.1) is 0 Å². The number of rotatable bonds is 9. The number of anilines is 1. The van der Waals surface area contributed by atoms with E-state index in [0.29, 0.717) is 30.1 Å². The van der Waals surface area contributed by atoms with Crippen LogP contribution in [0.5, 0.6) is 0 Å². The second-order valence-electron chi connectivity index (χ2n) is 9.63. The second kappa shape index (κ2) is 11.7. The van der Waals surface area contributed by atoms with Gasteiger partial charge in [-0.1, -0.05) is 31.2 Å². The summed E-state index contributed by atoms with van der Waals surface area (Å²) in [5.74, 6) is 0.391. The molecule has 2 aliphatic rings. The van der Waals surface area contributed by atoms with Gasteiger partial charge in [0.05, 0.1) is 6.10 Å². The molecule has 0 spiro atoms. The number of aliphatic hydroxyl groups is 1. The molecule has 1 amide bonds. The number of fused-ring (bicyclic) bond motifs is 1. The monoisotopic (exact) mass is 466 g/mol. The van der Waals surface area contributed by atoms with Gasteiger partial charge in [0.2, 0.25) is 0 Å². The highest BCUT2D eigenvalue weighted by Crippen LogP contribution is 2.24. The first kappa shape index (κ1) is 24.6. The zero-order chi connectivity index (χ0) is 23.9. The molecule has 8 heteroatoms. The van der Waals surface area contributed by atoms with Crippen LogP contribution in [0.2, 0.25) is 0 Å². The van der Waals surface area contributed by atoms with Gasteiger partial charge in [0.15, 0.2) is 0 Å². The van der Waals surface area contributed by atoms with Gasteiger partial charge in [0.25, 0.3) is 5.91 Å². The molecule has 1 unspecified atom stereocenters. The third kappa shape index (κ3) is 6.52. The van der Waals surface area contributed by atoms with E-state index in [1.165, 1.54) is 30.3 Å². The van der Waals surface area contributed by atoms with Crippen LogP contribution in [-0.4, -0.2) is 82.2 Å². The topological polar surface area (TPSA) is 93.6 Å². The summed E-state index contributed by atoms with van der Waals surface area (Å²) >= 11 is 0. The molecule has 1 aliphatic heterocycles. The minimum atomic E-state index is -0.634. The number of carbonyl (C=O) groups excluding carboxylic acids is 1. The number of benzene rings is 1. The zero-order valence-corrected chi connectivity index (χ0v) is 20.4. The minimum absolute atomic E-state index is 0.193. The van der Waals surface area contributed by atoms with E-state index in [9.17, 15) is 9.90 Å². The van der Waals surface area contributed by atoms with Crippen LogP contribution in [0.1, 0.15) is 54.2 Å². The van der Waals surface area contributed by atoms with Gasteiger partial charge in [-0.2, -0.15) is 0 Å². The van der Waals surface area contributed by atoms with Crippen molar-refractivity contribution in [3.05, 3.63) is 53.5 Å². The third-order valence-electron chi connectivity index (χ3n) is 7.25. The maximum absolute atomic E-state index is 12.6. The molecule has 2 heterocycles. The Labute approximate surface area is 202 Å². The van der Waals surface area contributed by atoms with Crippen molar-refractivity contribution in [2.24, 2.45) is 0 Å². The number of carbonyl (C=O) groups is 1. The molecule has 0 saturated heterocycles. The Hall–Kier alpha value is -2.55. The molecule has 1 aromatic carbocycles. The molecule has 1 aliphatic carbocycles.